The van der Waals surface area contributed by atoms with E-state index in [2.05, 4.69) is 177 Å². The standard InChI is InChI=1S/C51H37N3/c1-50(2)42-19-8-10-21-44(42)51(45-22-11-9-20-43(45)50)41-18-7-6-17-39(41)40-28-27-38(30-46(40)51)49-53-47(31-48(54-49)37-16-12-13-33(29-37)32-52)36-25-23-35(24-26-36)34-14-4-3-5-15-34/h3-31,48H,1-2H3,(H,53,54). The summed E-state index contributed by atoms with van der Waals surface area (Å²) in [6.45, 7) is 4.72. The maximum atomic E-state index is 9.78. The molecular weight excluding hydrogens is 655 g/mol. The summed E-state index contributed by atoms with van der Waals surface area (Å²) in [5, 5.41) is 13.6. The maximum Gasteiger partial charge on any atom is 0.133 e. The Labute approximate surface area is 316 Å². The van der Waals surface area contributed by atoms with Gasteiger partial charge in [0.2, 0.25) is 0 Å². The van der Waals surface area contributed by atoms with Crippen LogP contribution in [0.3, 0.4) is 0 Å². The molecule has 0 bridgehead atoms. The minimum atomic E-state index is -0.494. The Kier molecular flexibility index (Phi) is 7.19. The number of nitrogens with one attached hydrogen (secondary N) is 1. The van der Waals surface area contributed by atoms with Crippen molar-refractivity contribution in [3.63, 3.8) is 0 Å². The number of rotatable bonds is 4. The van der Waals surface area contributed by atoms with Crippen LogP contribution in [0.25, 0.3) is 28.0 Å². The van der Waals surface area contributed by atoms with Crippen molar-refractivity contribution in [2.75, 3.05) is 0 Å². The van der Waals surface area contributed by atoms with Crippen LogP contribution >= 0.6 is 0 Å². The second-order valence-electron chi connectivity index (χ2n) is 15.1. The van der Waals surface area contributed by atoms with Crippen LogP contribution in [0.15, 0.2) is 181 Å². The lowest BCUT2D eigenvalue weighted by atomic mass is 9.55. The molecule has 54 heavy (non-hydrogen) atoms. The number of nitriles is 1. The van der Waals surface area contributed by atoms with Crippen molar-refractivity contribution in [3.8, 4) is 28.3 Å². The molecule has 1 N–H and O–H groups in total. The van der Waals surface area contributed by atoms with Gasteiger partial charge in [0.25, 0.3) is 0 Å². The summed E-state index contributed by atoms with van der Waals surface area (Å²) in [4.78, 5) is 5.38. The number of aliphatic imine (C=N–C) groups is 1. The molecule has 0 fully saturated rings. The third-order valence-electron chi connectivity index (χ3n) is 11.8. The molecule has 0 saturated heterocycles. The summed E-state index contributed by atoms with van der Waals surface area (Å²) in [7, 11) is 0. The van der Waals surface area contributed by atoms with Crippen molar-refractivity contribution in [2.45, 2.75) is 30.7 Å². The molecule has 0 saturated carbocycles. The van der Waals surface area contributed by atoms with Crippen LogP contribution in [0.1, 0.15) is 75.5 Å². The highest BCUT2D eigenvalue weighted by Gasteiger charge is 2.53. The summed E-state index contributed by atoms with van der Waals surface area (Å²) in [6.07, 6.45) is 2.18. The first kappa shape index (κ1) is 31.9. The van der Waals surface area contributed by atoms with E-state index in [0.29, 0.717) is 5.56 Å². The molecule has 1 atom stereocenters. The van der Waals surface area contributed by atoms with Gasteiger partial charge in [0, 0.05) is 16.7 Å². The SMILES string of the molecule is CC1(C)c2ccccc2C2(c3ccccc3-c3ccc(C4=NC(c5cccc(C#N)c5)C=C(c5ccc(-c6ccccc6)cc5)N4)cc32)c2ccccc21. The summed E-state index contributed by atoms with van der Waals surface area (Å²) in [6, 6.07) is 63.0. The zero-order chi connectivity index (χ0) is 36.4. The van der Waals surface area contributed by atoms with Crippen molar-refractivity contribution in [1.29, 1.82) is 5.26 Å². The highest BCUT2D eigenvalue weighted by Crippen LogP contribution is 2.62. The molecule has 7 aromatic carbocycles. The Morgan fingerprint density at radius 3 is 1.80 bits per heavy atom. The van der Waals surface area contributed by atoms with Crippen LogP contribution in [0.4, 0.5) is 0 Å². The zero-order valence-corrected chi connectivity index (χ0v) is 30.2. The number of fused-ring (bicyclic) bond motifs is 9. The highest BCUT2D eigenvalue weighted by atomic mass is 15.0. The smallest absolute Gasteiger partial charge is 0.133 e. The van der Waals surface area contributed by atoms with Gasteiger partial charge >= 0.3 is 0 Å². The minimum Gasteiger partial charge on any atom is -0.340 e. The first-order valence-electron chi connectivity index (χ1n) is 18.6. The molecule has 10 rings (SSSR count). The van der Waals surface area contributed by atoms with Crippen molar-refractivity contribution in [2.24, 2.45) is 4.99 Å². The summed E-state index contributed by atoms with van der Waals surface area (Å²) < 4.78 is 0. The molecule has 3 aliphatic rings. The molecule has 2 aliphatic carbocycles. The Morgan fingerprint density at radius 1 is 0.519 bits per heavy atom. The predicted molar refractivity (Wildman–Crippen MR) is 219 cm³/mol. The number of benzene rings is 7. The Morgan fingerprint density at radius 2 is 1.09 bits per heavy atom. The molecule has 7 aromatic rings. The lowest BCUT2D eigenvalue weighted by molar-refractivity contribution is 0.563. The van der Waals surface area contributed by atoms with Crippen LogP contribution in [0, 0.1) is 11.3 Å². The lowest BCUT2D eigenvalue weighted by Crippen LogP contribution is -2.40. The first-order valence-corrected chi connectivity index (χ1v) is 18.6. The van der Waals surface area contributed by atoms with Gasteiger partial charge in [-0.25, -0.2) is 0 Å². The summed E-state index contributed by atoms with van der Waals surface area (Å²) in [5.74, 6) is 0.804. The van der Waals surface area contributed by atoms with Gasteiger partial charge in [0.1, 0.15) is 5.84 Å². The molecule has 3 heteroatoms. The van der Waals surface area contributed by atoms with Crippen LogP contribution < -0.4 is 5.32 Å². The fourth-order valence-electron chi connectivity index (χ4n) is 9.29. The van der Waals surface area contributed by atoms with E-state index >= 15 is 0 Å². The number of hydrogen-bond donors (Lipinski definition) is 1. The van der Waals surface area contributed by atoms with Crippen molar-refractivity contribution >= 4 is 11.5 Å². The van der Waals surface area contributed by atoms with E-state index in [-0.39, 0.29) is 11.5 Å². The van der Waals surface area contributed by atoms with E-state index in [0.717, 1.165) is 28.2 Å². The van der Waals surface area contributed by atoms with E-state index < -0.39 is 5.41 Å². The Hall–Kier alpha value is -6.76. The van der Waals surface area contributed by atoms with Crippen LogP contribution in [-0.2, 0) is 10.8 Å². The van der Waals surface area contributed by atoms with E-state index in [4.69, 9.17) is 4.99 Å². The molecule has 1 heterocycles. The Bertz CT molecular complexity index is 2680. The summed E-state index contributed by atoms with van der Waals surface area (Å²) in [5.41, 5.74) is 16.9. The fraction of sp³-hybridized carbons (Fsp3) is 0.0980. The van der Waals surface area contributed by atoms with Gasteiger partial charge in [0.05, 0.1) is 23.1 Å². The second kappa shape index (κ2) is 12.2. The van der Waals surface area contributed by atoms with E-state index in [1.165, 1.54) is 55.6 Å². The number of amidine groups is 1. The largest absolute Gasteiger partial charge is 0.340 e. The van der Waals surface area contributed by atoms with Crippen molar-refractivity contribution in [3.05, 3.63) is 232 Å². The fourth-order valence-corrected chi connectivity index (χ4v) is 9.29. The quantitative estimate of drug-likeness (QED) is 0.200. The van der Waals surface area contributed by atoms with Gasteiger partial charge in [0.15, 0.2) is 0 Å². The third kappa shape index (κ3) is 4.70. The van der Waals surface area contributed by atoms with Crippen molar-refractivity contribution < 1.29 is 0 Å². The van der Waals surface area contributed by atoms with Crippen molar-refractivity contribution in [1.82, 2.24) is 5.32 Å². The maximum absolute atomic E-state index is 9.78. The zero-order valence-electron chi connectivity index (χ0n) is 30.2. The van der Waals surface area contributed by atoms with Gasteiger partial charge in [-0.15, -0.1) is 0 Å². The molecule has 1 aliphatic heterocycles. The molecule has 1 spiro atoms. The van der Waals surface area contributed by atoms with Gasteiger partial charge in [-0.2, -0.15) is 5.26 Å². The predicted octanol–water partition coefficient (Wildman–Crippen LogP) is 11.4. The summed E-state index contributed by atoms with van der Waals surface area (Å²) >= 11 is 0. The molecule has 256 valence electrons. The normalized spacial score (nSPS) is 16.8. The van der Waals surface area contributed by atoms with Gasteiger partial charge < -0.3 is 5.32 Å². The van der Waals surface area contributed by atoms with Crippen LogP contribution in [0.5, 0.6) is 0 Å². The molecule has 3 nitrogen and oxygen atoms in total. The molecular formula is C51H37N3. The average molecular weight is 692 g/mol. The third-order valence-corrected chi connectivity index (χ3v) is 11.8. The molecule has 1 unspecified atom stereocenters. The minimum absolute atomic E-state index is 0.163. The number of hydrogen-bond acceptors (Lipinski definition) is 3. The van der Waals surface area contributed by atoms with E-state index in [9.17, 15) is 5.26 Å². The second-order valence-corrected chi connectivity index (χ2v) is 15.1. The van der Waals surface area contributed by atoms with Crippen LogP contribution in [0.2, 0.25) is 0 Å². The molecule has 0 aromatic heterocycles. The first-order chi connectivity index (χ1) is 26.5. The van der Waals surface area contributed by atoms with E-state index in [1.807, 2.05) is 24.3 Å². The monoisotopic (exact) mass is 691 g/mol. The van der Waals surface area contributed by atoms with Gasteiger partial charge in [-0.05, 0) is 91.0 Å². The van der Waals surface area contributed by atoms with E-state index in [1.54, 1.807) is 0 Å². The highest BCUT2D eigenvalue weighted by molar-refractivity contribution is 6.06. The van der Waals surface area contributed by atoms with Gasteiger partial charge in [-0.1, -0.05) is 166 Å². The Balaban J connectivity index is 1.16. The average Bonchev–Trinajstić information content (AvgIpc) is 3.53. The molecule has 0 amide bonds. The molecule has 0 radical (unpaired) electrons. The van der Waals surface area contributed by atoms with Crippen LogP contribution in [-0.4, -0.2) is 5.84 Å². The van der Waals surface area contributed by atoms with Gasteiger partial charge in [-0.3, -0.25) is 4.99 Å². The number of nitrogens with zero attached hydrogens (tertiary/aromatic N) is 2. The lowest BCUT2D eigenvalue weighted by Gasteiger charge is -2.46. The topological polar surface area (TPSA) is 48.2 Å².